The Kier molecular flexibility index (Phi) is 8.14. The first-order valence-corrected chi connectivity index (χ1v) is 10.3. The van der Waals surface area contributed by atoms with Crippen LogP contribution in [-0.2, 0) is 20.8 Å². The summed E-state index contributed by atoms with van der Waals surface area (Å²) < 4.78 is 24.3. The van der Waals surface area contributed by atoms with Gasteiger partial charge in [-0.1, -0.05) is 12.1 Å². The van der Waals surface area contributed by atoms with Gasteiger partial charge in [0.2, 0.25) is 0 Å². The summed E-state index contributed by atoms with van der Waals surface area (Å²) in [6.45, 7) is 3.49. The molecule has 1 aliphatic rings. The van der Waals surface area contributed by atoms with Crippen molar-refractivity contribution in [2.75, 3.05) is 50.5 Å². The van der Waals surface area contributed by atoms with Crippen LogP contribution in [0.4, 0.5) is 25.4 Å². The lowest BCUT2D eigenvalue weighted by Gasteiger charge is -2.34. The van der Waals surface area contributed by atoms with Gasteiger partial charge in [-0.15, -0.1) is 0 Å². The van der Waals surface area contributed by atoms with Crippen LogP contribution in [0.1, 0.15) is 11.3 Å². The van der Waals surface area contributed by atoms with Gasteiger partial charge in [-0.25, -0.2) is 18.8 Å². The van der Waals surface area contributed by atoms with Gasteiger partial charge in [0, 0.05) is 44.0 Å². The van der Waals surface area contributed by atoms with Crippen LogP contribution in [0.25, 0.3) is 0 Å². The van der Waals surface area contributed by atoms with E-state index in [-0.39, 0.29) is 5.69 Å². The first-order valence-electron chi connectivity index (χ1n) is 10.3. The Hall–Kier alpha value is -3.73. The first kappa shape index (κ1) is 23.9. The van der Waals surface area contributed by atoms with E-state index in [1.807, 2.05) is 11.8 Å². The minimum absolute atomic E-state index is 0.0649. The van der Waals surface area contributed by atoms with Crippen LogP contribution in [0.15, 0.2) is 36.5 Å². The zero-order chi connectivity index (χ0) is 23.8. The number of aromatic nitrogens is 1. The number of ether oxygens (including phenoxy) is 2. The Morgan fingerprint density at radius 1 is 1.09 bits per heavy atom. The van der Waals surface area contributed by atoms with E-state index in [1.165, 1.54) is 24.3 Å². The van der Waals surface area contributed by atoms with Gasteiger partial charge >= 0.3 is 18.1 Å². The fourth-order valence-corrected chi connectivity index (χ4v) is 3.23. The standard InChI is InChI=1S/C22H26FN5O5/c1-15-6-7-17(12-24-15)25-21(30)26-18-5-3-4-16(20(18)23)13-27-8-10-28(11-9-27)22(31)33-14-19(29)32-2/h3-7,12H,8-11,13-14H2,1-2H3,(H2,25,26,30). The molecule has 0 aliphatic carbocycles. The molecule has 1 aromatic heterocycles. The summed E-state index contributed by atoms with van der Waals surface area (Å²) in [4.78, 5) is 42.9. The third kappa shape index (κ3) is 6.88. The molecule has 2 heterocycles. The quantitative estimate of drug-likeness (QED) is 0.639. The number of hydrogen-bond donors (Lipinski definition) is 2. The Balaban J connectivity index is 1.51. The Morgan fingerprint density at radius 2 is 1.85 bits per heavy atom. The number of nitrogens with zero attached hydrogens (tertiary/aromatic N) is 3. The van der Waals surface area contributed by atoms with Crippen molar-refractivity contribution in [3.63, 3.8) is 0 Å². The van der Waals surface area contributed by atoms with E-state index in [2.05, 4.69) is 20.4 Å². The van der Waals surface area contributed by atoms with Crippen molar-refractivity contribution >= 4 is 29.5 Å². The predicted octanol–water partition coefficient (Wildman–Crippen LogP) is 2.60. The fraction of sp³-hybridized carbons (Fsp3) is 0.364. The van der Waals surface area contributed by atoms with Crippen molar-refractivity contribution in [1.29, 1.82) is 0 Å². The second-order valence-electron chi connectivity index (χ2n) is 7.44. The number of rotatable bonds is 6. The molecule has 0 saturated carbocycles. The smallest absolute Gasteiger partial charge is 0.410 e. The molecule has 0 atom stereocenters. The summed E-state index contributed by atoms with van der Waals surface area (Å²) in [6.07, 6.45) is 0.930. The number of hydrogen-bond acceptors (Lipinski definition) is 7. The third-order valence-corrected chi connectivity index (χ3v) is 5.06. The number of urea groups is 1. The summed E-state index contributed by atoms with van der Waals surface area (Å²) in [5, 5.41) is 5.14. The van der Waals surface area contributed by atoms with Gasteiger partial charge < -0.3 is 25.0 Å². The van der Waals surface area contributed by atoms with Crippen LogP contribution in [0.5, 0.6) is 0 Å². The summed E-state index contributed by atoms with van der Waals surface area (Å²) in [6, 6.07) is 7.70. The minimum Gasteiger partial charge on any atom is -0.466 e. The van der Waals surface area contributed by atoms with Gasteiger partial charge in [-0.05, 0) is 25.1 Å². The second kappa shape index (κ2) is 11.2. The Morgan fingerprint density at radius 3 is 2.52 bits per heavy atom. The van der Waals surface area contributed by atoms with Gasteiger partial charge in [0.15, 0.2) is 12.4 Å². The monoisotopic (exact) mass is 459 g/mol. The SMILES string of the molecule is COC(=O)COC(=O)N1CCN(Cc2cccc(NC(=O)Nc3ccc(C)nc3)c2F)CC1. The van der Waals surface area contributed by atoms with Crippen molar-refractivity contribution in [2.45, 2.75) is 13.5 Å². The third-order valence-electron chi connectivity index (χ3n) is 5.06. The van der Waals surface area contributed by atoms with Crippen molar-refractivity contribution < 1.29 is 28.2 Å². The van der Waals surface area contributed by atoms with Gasteiger partial charge in [-0.3, -0.25) is 9.88 Å². The van der Waals surface area contributed by atoms with E-state index in [9.17, 15) is 18.8 Å². The number of benzene rings is 1. The van der Waals surface area contributed by atoms with Gasteiger partial charge in [0.25, 0.3) is 0 Å². The number of esters is 1. The van der Waals surface area contributed by atoms with Crippen molar-refractivity contribution in [1.82, 2.24) is 14.8 Å². The van der Waals surface area contributed by atoms with Crippen LogP contribution < -0.4 is 10.6 Å². The molecule has 0 radical (unpaired) electrons. The molecule has 1 saturated heterocycles. The predicted molar refractivity (Wildman–Crippen MR) is 118 cm³/mol. The van der Waals surface area contributed by atoms with Crippen LogP contribution in [-0.4, -0.2) is 72.8 Å². The van der Waals surface area contributed by atoms with Crippen LogP contribution in [0.2, 0.25) is 0 Å². The first-order chi connectivity index (χ1) is 15.9. The lowest BCUT2D eigenvalue weighted by Crippen LogP contribution is -2.48. The number of piperazine rings is 1. The van der Waals surface area contributed by atoms with Crippen molar-refractivity contribution in [3.05, 3.63) is 53.6 Å². The molecule has 10 nitrogen and oxygen atoms in total. The Labute approximate surface area is 190 Å². The average molecular weight is 459 g/mol. The topological polar surface area (TPSA) is 113 Å². The number of amides is 3. The zero-order valence-electron chi connectivity index (χ0n) is 18.5. The van der Waals surface area contributed by atoms with E-state index < -0.39 is 30.5 Å². The summed E-state index contributed by atoms with van der Waals surface area (Å²) in [5.41, 5.74) is 1.80. The van der Waals surface area contributed by atoms with Gasteiger partial charge in [-0.2, -0.15) is 0 Å². The molecule has 33 heavy (non-hydrogen) atoms. The van der Waals surface area contributed by atoms with E-state index in [0.29, 0.717) is 44.0 Å². The lowest BCUT2D eigenvalue weighted by atomic mass is 10.1. The maximum atomic E-state index is 15.0. The molecule has 1 fully saturated rings. The average Bonchev–Trinajstić information content (AvgIpc) is 2.81. The highest BCUT2D eigenvalue weighted by atomic mass is 19.1. The van der Waals surface area contributed by atoms with E-state index in [0.717, 1.165) is 5.69 Å². The molecule has 2 aromatic rings. The molecule has 11 heteroatoms. The molecule has 1 aromatic carbocycles. The van der Waals surface area contributed by atoms with Gasteiger partial charge in [0.1, 0.15) is 0 Å². The maximum Gasteiger partial charge on any atom is 0.410 e. The highest BCUT2D eigenvalue weighted by Gasteiger charge is 2.24. The van der Waals surface area contributed by atoms with E-state index in [1.54, 1.807) is 24.3 Å². The summed E-state index contributed by atoms with van der Waals surface area (Å²) in [7, 11) is 1.21. The normalized spacial score (nSPS) is 13.8. The number of carbonyl (C=O) groups excluding carboxylic acids is 3. The molecule has 0 bridgehead atoms. The number of anilines is 2. The number of halogens is 1. The van der Waals surface area contributed by atoms with Gasteiger partial charge in [0.05, 0.1) is 24.7 Å². The molecular formula is C22H26FN5O5. The van der Waals surface area contributed by atoms with E-state index >= 15 is 0 Å². The Bertz CT molecular complexity index is 993. The van der Waals surface area contributed by atoms with Crippen molar-refractivity contribution in [3.8, 4) is 0 Å². The molecular weight excluding hydrogens is 433 g/mol. The highest BCUT2D eigenvalue weighted by Crippen LogP contribution is 2.21. The molecule has 3 amide bonds. The summed E-state index contributed by atoms with van der Waals surface area (Å²) >= 11 is 0. The maximum absolute atomic E-state index is 15.0. The molecule has 2 N–H and O–H groups in total. The van der Waals surface area contributed by atoms with E-state index in [4.69, 9.17) is 4.74 Å². The van der Waals surface area contributed by atoms with Crippen LogP contribution in [0.3, 0.4) is 0 Å². The molecule has 176 valence electrons. The van der Waals surface area contributed by atoms with Crippen LogP contribution >= 0.6 is 0 Å². The highest BCUT2D eigenvalue weighted by molar-refractivity contribution is 5.99. The zero-order valence-corrected chi connectivity index (χ0v) is 18.5. The number of nitrogens with one attached hydrogen (secondary N) is 2. The molecule has 0 spiro atoms. The molecule has 1 aliphatic heterocycles. The molecule has 0 unspecified atom stereocenters. The number of aryl methyl sites for hydroxylation is 1. The number of carbonyl (C=O) groups is 3. The lowest BCUT2D eigenvalue weighted by molar-refractivity contribution is -0.144. The number of methoxy groups -OCH3 is 1. The minimum atomic E-state index is -0.629. The van der Waals surface area contributed by atoms with Crippen LogP contribution in [0, 0.1) is 12.7 Å². The summed E-state index contributed by atoms with van der Waals surface area (Å²) in [5.74, 6) is -1.15. The number of pyridine rings is 1. The van der Waals surface area contributed by atoms with Crippen molar-refractivity contribution in [2.24, 2.45) is 0 Å². The second-order valence-corrected chi connectivity index (χ2v) is 7.44. The fourth-order valence-electron chi connectivity index (χ4n) is 3.23. The largest absolute Gasteiger partial charge is 0.466 e. The molecule has 3 rings (SSSR count).